The van der Waals surface area contributed by atoms with E-state index >= 15 is 0 Å². The minimum atomic E-state index is -4.55. The van der Waals surface area contributed by atoms with Gasteiger partial charge in [0, 0.05) is 39.5 Å². The van der Waals surface area contributed by atoms with E-state index in [-0.39, 0.29) is 45.5 Å². The Morgan fingerprint density at radius 2 is 1.85 bits per heavy atom. The fourth-order valence-corrected chi connectivity index (χ4v) is 5.35. The van der Waals surface area contributed by atoms with Crippen LogP contribution in [0.15, 0.2) is 35.4 Å². The zero-order chi connectivity index (χ0) is 29.4. The van der Waals surface area contributed by atoms with Crippen LogP contribution in [0, 0.1) is 19.3 Å². The smallest absolute Gasteiger partial charge is 0.352 e. The number of terminal acetylenes is 1. The lowest BCUT2D eigenvalue weighted by molar-refractivity contribution is -0.138. The molecule has 1 aromatic carbocycles. The van der Waals surface area contributed by atoms with E-state index in [0.717, 1.165) is 6.07 Å². The Morgan fingerprint density at radius 1 is 1.18 bits per heavy atom. The molecule has 3 aromatic rings. The second kappa shape index (κ2) is 10.6. The maximum Gasteiger partial charge on any atom is 0.416 e. The molecule has 9 nitrogen and oxygen atoms in total. The molecule has 1 saturated heterocycles. The van der Waals surface area contributed by atoms with Crippen molar-refractivity contribution in [3.8, 4) is 12.3 Å². The molecule has 0 bridgehead atoms. The molecule has 3 heterocycles. The molecule has 1 atom stereocenters. The number of hydrogen-bond donors (Lipinski definition) is 2. The summed E-state index contributed by atoms with van der Waals surface area (Å²) in [5.41, 5.74) is -1.45. The standard InChI is InChI=1S/C28H29F3N6O3/c1-6-23(19-8-7-9-21(16(19)2)28(29,30)31)34-24-20-14-22(26(40)36(5)25(20)33-15-32-24)27(35-17(3)38)10-12-37(13-11-27)18(4)39/h1,7-9,14-15,23H,10-13H2,2-5H3,(H,35,38)(H,32,33,34). The summed E-state index contributed by atoms with van der Waals surface area (Å²) in [5.74, 6) is 2.27. The van der Waals surface area contributed by atoms with E-state index < -0.39 is 23.3 Å². The molecule has 1 fully saturated rings. The Bertz CT molecular complexity index is 1580. The number of nitrogens with one attached hydrogen (secondary N) is 2. The number of hydrogen-bond acceptors (Lipinski definition) is 6. The summed E-state index contributed by atoms with van der Waals surface area (Å²) in [4.78, 5) is 48.0. The average molecular weight is 555 g/mol. The zero-order valence-corrected chi connectivity index (χ0v) is 22.5. The lowest BCUT2D eigenvalue weighted by Gasteiger charge is -2.42. The number of aryl methyl sites for hydroxylation is 1. The average Bonchev–Trinajstić information content (AvgIpc) is 2.89. The van der Waals surface area contributed by atoms with Crippen LogP contribution in [0.3, 0.4) is 0 Å². The summed E-state index contributed by atoms with van der Waals surface area (Å²) in [5, 5.41) is 6.38. The van der Waals surface area contributed by atoms with Gasteiger partial charge in [-0.1, -0.05) is 18.1 Å². The number of alkyl halides is 3. The highest BCUT2D eigenvalue weighted by Crippen LogP contribution is 2.37. The van der Waals surface area contributed by atoms with Gasteiger partial charge in [-0.25, -0.2) is 9.97 Å². The Morgan fingerprint density at radius 3 is 2.42 bits per heavy atom. The molecule has 12 heteroatoms. The number of likely N-dealkylation sites (tertiary alicyclic amines) is 1. The summed E-state index contributed by atoms with van der Waals surface area (Å²) in [6.45, 7) is 4.84. The van der Waals surface area contributed by atoms with Crippen molar-refractivity contribution in [2.75, 3.05) is 18.4 Å². The van der Waals surface area contributed by atoms with Gasteiger partial charge in [-0.2, -0.15) is 13.2 Å². The van der Waals surface area contributed by atoms with Gasteiger partial charge < -0.3 is 15.5 Å². The highest BCUT2D eigenvalue weighted by atomic mass is 19.4. The number of benzene rings is 1. The molecule has 1 unspecified atom stereocenters. The van der Waals surface area contributed by atoms with Crippen LogP contribution in [0.1, 0.15) is 55.0 Å². The third-order valence-electron chi connectivity index (χ3n) is 7.44. The molecule has 4 rings (SSSR count). The summed E-state index contributed by atoms with van der Waals surface area (Å²) >= 11 is 0. The second-order valence-electron chi connectivity index (χ2n) is 9.91. The zero-order valence-electron chi connectivity index (χ0n) is 22.5. The molecule has 1 aliphatic heterocycles. The van der Waals surface area contributed by atoms with Gasteiger partial charge in [-0.05, 0) is 43.0 Å². The van der Waals surface area contributed by atoms with Gasteiger partial charge in [0.1, 0.15) is 23.8 Å². The van der Waals surface area contributed by atoms with Crippen molar-refractivity contribution in [1.29, 1.82) is 0 Å². The molecule has 0 radical (unpaired) electrons. The van der Waals surface area contributed by atoms with Crippen LogP contribution >= 0.6 is 0 Å². The van der Waals surface area contributed by atoms with E-state index in [4.69, 9.17) is 6.42 Å². The first kappa shape index (κ1) is 28.6. The van der Waals surface area contributed by atoms with E-state index in [1.807, 2.05) is 0 Å². The number of fused-ring (bicyclic) bond motifs is 1. The van der Waals surface area contributed by atoms with Crippen LogP contribution in [0.2, 0.25) is 0 Å². The van der Waals surface area contributed by atoms with E-state index in [0.29, 0.717) is 31.3 Å². The molecule has 0 spiro atoms. The van der Waals surface area contributed by atoms with Gasteiger partial charge in [0.15, 0.2) is 0 Å². The first-order valence-corrected chi connectivity index (χ1v) is 12.6. The van der Waals surface area contributed by atoms with Crippen molar-refractivity contribution in [2.24, 2.45) is 7.05 Å². The van der Waals surface area contributed by atoms with E-state index in [1.54, 1.807) is 11.0 Å². The summed E-state index contributed by atoms with van der Waals surface area (Å²) in [6.07, 6.45) is 3.05. The van der Waals surface area contributed by atoms with Gasteiger partial charge in [0.05, 0.1) is 16.5 Å². The normalized spacial score (nSPS) is 15.8. The summed E-state index contributed by atoms with van der Waals surface area (Å²) < 4.78 is 42.0. The highest BCUT2D eigenvalue weighted by Gasteiger charge is 2.40. The van der Waals surface area contributed by atoms with Gasteiger partial charge in [-0.3, -0.25) is 19.0 Å². The molecule has 40 heavy (non-hydrogen) atoms. The topological polar surface area (TPSA) is 109 Å². The number of amides is 2. The first-order chi connectivity index (χ1) is 18.8. The predicted octanol–water partition coefficient (Wildman–Crippen LogP) is 3.42. The van der Waals surface area contributed by atoms with E-state index in [9.17, 15) is 27.6 Å². The van der Waals surface area contributed by atoms with Crippen LogP contribution in [-0.2, 0) is 28.4 Å². The van der Waals surface area contributed by atoms with Crippen molar-refractivity contribution in [3.63, 3.8) is 0 Å². The number of aromatic nitrogens is 3. The highest BCUT2D eigenvalue weighted by molar-refractivity contribution is 5.88. The maximum absolute atomic E-state index is 13.6. The lowest BCUT2D eigenvalue weighted by Crippen LogP contribution is -2.55. The van der Waals surface area contributed by atoms with Crippen LogP contribution in [0.5, 0.6) is 0 Å². The van der Waals surface area contributed by atoms with Gasteiger partial charge in [-0.15, -0.1) is 6.42 Å². The van der Waals surface area contributed by atoms with Crippen molar-refractivity contribution >= 4 is 28.7 Å². The van der Waals surface area contributed by atoms with Gasteiger partial charge >= 0.3 is 6.18 Å². The SMILES string of the molecule is C#CC(Nc1ncnc2c1cc(C1(NC(C)=O)CCN(C(C)=O)CC1)c(=O)n2C)c1cccc(C(F)(F)F)c1C. The monoisotopic (exact) mass is 554 g/mol. The second-order valence-corrected chi connectivity index (χ2v) is 9.91. The summed E-state index contributed by atoms with van der Waals surface area (Å²) in [7, 11) is 1.53. The van der Waals surface area contributed by atoms with Crippen LogP contribution in [-0.4, -0.2) is 44.3 Å². The number of carbonyl (C=O) groups is 2. The number of halogens is 3. The van der Waals surface area contributed by atoms with Crippen molar-refractivity contribution in [2.45, 2.75) is 51.4 Å². The van der Waals surface area contributed by atoms with E-state index in [2.05, 4.69) is 26.5 Å². The maximum atomic E-state index is 13.6. The Balaban J connectivity index is 1.84. The number of carbonyl (C=O) groups excluding carboxylic acids is 2. The lowest BCUT2D eigenvalue weighted by atomic mass is 9.80. The van der Waals surface area contributed by atoms with Crippen LogP contribution < -0.4 is 16.2 Å². The van der Waals surface area contributed by atoms with Gasteiger partial charge in [0.25, 0.3) is 5.56 Å². The third-order valence-corrected chi connectivity index (χ3v) is 7.44. The minimum absolute atomic E-state index is 0.0151. The quantitative estimate of drug-likeness (QED) is 0.468. The molecule has 2 amide bonds. The fourth-order valence-electron chi connectivity index (χ4n) is 5.35. The minimum Gasteiger partial charge on any atom is -0.352 e. The molecule has 0 saturated carbocycles. The van der Waals surface area contributed by atoms with Crippen LogP contribution in [0.4, 0.5) is 19.0 Å². The van der Waals surface area contributed by atoms with Crippen LogP contribution in [0.25, 0.3) is 11.0 Å². The van der Waals surface area contributed by atoms with Gasteiger partial charge in [0.2, 0.25) is 11.8 Å². The molecule has 0 aliphatic carbocycles. The third kappa shape index (κ3) is 5.23. The first-order valence-electron chi connectivity index (χ1n) is 12.6. The number of piperidine rings is 1. The fraction of sp³-hybridized carbons (Fsp3) is 0.393. The molecular formula is C28H29F3N6O3. The summed E-state index contributed by atoms with van der Waals surface area (Å²) in [6, 6.07) is 4.41. The van der Waals surface area contributed by atoms with Crippen molar-refractivity contribution in [3.05, 3.63) is 63.2 Å². The number of rotatable bonds is 5. The van der Waals surface area contributed by atoms with E-state index in [1.165, 1.54) is 50.8 Å². The van der Waals surface area contributed by atoms with Crippen molar-refractivity contribution < 1.29 is 22.8 Å². The Kier molecular flexibility index (Phi) is 7.61. The molecule has 2 aromatic heterocycles. The number of pyridine rings is 1. The largest absolute Gasteiger partial charge is 0.416 e. The number of anilines is 1. The Labute approximate surface area is 228 Å². The predicted molar refractivity (Wildman–Crippen MR) is 143 cm³/mol. The molecule has 210 valence electrons. The Hall–Kier alpha value is -4.40. The molecule has 2 N–H and O–H groups in total. The van der Waals surface area contributed by atoms with Crippen molar-refractivity contribution in [1.82, 2.24) is 24.8 Å². The number of nitrogens with zero attached hydrogens (tertiary/aromatic N) is 4. The molecular weight excluding hydrogens is 525 g/mol. The molecule has 1 aliphatic rings.